The summed E-state index contributed by atoms with van der Waals surface area (Å²) in [6.45, 7) is 1.34. The van der Waals surface area contributed by atoms with E-state index >= 15 is 0 Å². The fourth-order valence-electron chi connectivity index (χ4n) is 1.98. The summed E-state index contributed by atoms with van der Waals surface area (Å²) in [6, 6.07) is 16.4. The second kappa shape index (κ2) is 9.02. The number of hydrogen-bond acceptors (Lipinski definition) is 4. The summed E-state index contributed by atoms with van der Waals surface area (Å²) >= 11 is 0. The molecule has 0 saturated heterocycles. The van der Waals surface area contributed by atoms with Crippen LogP contribution in [0.1, 0.15) is 18.1 Å². The van der Waals surface area contributed by atoms with Crippen molar-refractivity contribution < 1.29 is 14.3 Å². The monoisotopic (exact) mass is 337 g/mol. The number of methoxy groups -OCH3 is 1. The van der Waals surface area contributed by atoms with Gasteiger partial charge in [0.25, 0.3) is 5.91 Å². The third-order valence-electron chi connectivity index (χ3n) is 3.16. The number of nitrogens with one attached hydrogen (secondary N) is 2. The Bertz CT molecular complexity index is 781. The molecule has 0 fully saturated rings. The minimum absolute atomic E-state index is 0.116. The van der Waals surface area contributed by atoms with Gasteiger partial charge in [-0.25, -0.2) is 5.43 Å². The first kappa shape index (κ1) is 17.9. The number of hydrogen-bond donors (Lipinski definition) is 2. The first-order valence-electron chi connectivity index (χ1n) is 7.60. The van der Waals surface area contributed by atoms with Crippen LogP contribution in [0.4, 0.5) is 0 Å². The van der Waals surface area contributed by atoms with Gasteiger partial charge in [-0.2, -0.15) is 5.10 Å². The second-order valence-electron chi connectivity index (χ2n) is 5.12. The molecule has 2 rings (SSSR count). The molecule has 0 radical (unpaired) electrons. The van der Waals surface area contributed by atoms with Gasteiger partial charge in [0, 0.05) is 6.92 Å². The Kier molecular flexibility index (Phi) is 6.47. The molecule has 2 amide bonds. The molecule has 0 aliphatic heterocycles. The number of amides is 2. The van der Waals surface area contributed by atoms with Crippen molar-refractivity contribution in [3.05, 3.63) is 71.4 Å². The highest BCUT2D eigenvalue weighted by molar-refractivity contribution is 6.01. The molecule has 25 heavy (non-hydrogen) atoms. The van der Waals surface area contributed by atoms with E-state index in [1.54, 1.807) is 25.3 Å². The van der Waals surface area contributed by atoms with Gasteiger partial charge in [0.05, 0.1) is 13.3 Å². The number of hydrazone groups is 1. The minimum atomic E-state index is -0.510. The molecule has 0 saturated carbocycles. The highest BCUT2D eigenvalue weighted by Gasteiger charge is 2.10. The molecule has 0 aromatic heterocycles. The van der Waals surface area contributed by atoms with E-state index in [1.807, 2.05) is 42.5 Å². The van der Waals surface area contributed by atoms with E-state index in [2.05, 4.69) is 15.8 Å². The number of carbonyl (C=O) groups is 2. The lowest BCUT2D eigenvalue weighted by Gasteiger charge is -2.06. The van der Waals surface area contributed by atoms with Crippen molar-refractivity contribution in [2.24, 2.45) is 5.10 Å². The highest BCUT2D eigenvalue weighted by Crippen LogP contribution is 2.09. The summed E-state index contributed by atoms with van der Waals surface area (Å²) in [4.78, 5) is 23.6. The van der Waals surface area contributed by atoms with E-state index < -0.39 is 5.91 Å². The standard InChI is InChI=1S/C19H19N3O3/c1-14(23)21-18(12-15-6-4-3-5-7-15)19(24)22-20-13-16-8-10-17(25-2)11-9-16/h3-13H,1-2H3,(H,21,23)(H,22,24). The lowest BCUT2D eigenvalue weighted by atomic mass is 10.2. The first-order valence-corrected chi connectivity index (χ1v) is 7.60. The quantitative estimate of drug-likeness (QED) is 0.482. The van der Waals surface area contributed by atoms with E-state index in [-0.39, 0.29) is 11.6 Å². The third kappa shape index (κ3) is 5.95. The molecule has 2 aromatic rings. The number of nitrogens with zero attached hydrogens (tertiary/aromatic N) is 1. The van der Waals surface area contributed by atoms with Gasteiger partial charge < -0.3 is 10.1 Å². The van der Waals surface area contributed by atoms with Gasteiger partial charge in [-0.15, -0.1) is 0 Å². The summed E-state index contributed by atoms with van der Waals surface area (Å²) in [7, 11) is 1.59. The molecule has 0 bridgehead atoms. The molecule has 128 valence electrons. The zero-order valence-electron chi connectivity index (χ0n) is 14.0. The molecular formula is C19H19N3O3. The zero-order valence-corrected chi connectivity index (χ0v) is 14.0. The van der Waals surface area contributed by atoms with Gasteiger partial charge in [0.15, 0.2) is 0 Å². The fraction of sp³-hybridized carbons (Fsp3) is 0.105. The minimum Gasteiger partial charge on any atom is -0.497 e. The fourth-order valence-corrected chi connectivity index (χ4v) is 1.98. The topological polar surface area (TPSA) is 79.8 Å². The summed E-state index contributed by atoms with van der Waals surface area (Å²) in [6.07, 6.45) is 3.09. The van der Waals surface area contributed by atoms with Crippen LogP contribution in [0.5, 0.6) is 5.75 Å². The maximum atomic E-state index is 12.2. The van der Waals surface area contributed by atoms with Gasteiger partial charge in [0.2, 0.25) is 5.91 Å². The Morgan fingerprint density at radius 2 is 1.68 bits per heavy atom. The molecule has 0 aliphatic rings. The van der Waals surface area contributed by atoms with Crippen LogP contribution in [-0.4, -0.2) is 25.1 Å². The molecule has 0 heterocycles. The molecule has 2 N–H and O–H groups in total. The van der Waals surface area contributed by atoms with Gasteiger partial charge >= 0.3 is 0 Å². The largest absolute Gasteiger partial charge is 0.497 e. The summed E-state index contributed by atoms with van der Waals surface area (Å²) in [5.41, 5.74) is 4.11. The maximum Gasteiger partial charge on any atom is 0.287 e. The van der Waals surface area contributed by atoms with Crippen LogP contribution in [0.3, 0.4) is 0 Å². The molecule has 0 aliphatic carbocycles. The molecule has 2 aromatic carbocycles. The van der Waals surface area contributed by atoms with Gasteiger partial charge in [0.1, 0.15) is 11.4 Å². The van der Waals surface area contributed by atoms with Crippen molar-refractivity contribution in [3.8, 4) is 5.75 Å². The van der Waals surface area contributed by atoms with E-state index in [0.717, 1.165) is 16.9 Å². The number of benzene rings is 2. The lowest BCUT2D eigenvalue weighted by molar-refractivity contribution is -0.122. The average molecular weight is 337 g/mol. The molecule has 0 unspecified atom stereocenters. The van der Waals surface area contributed by atoms with Crippen molar-refractivity contribution >= 4 is 24.1 Å². The van der Waals surface area contributed by atoms with Crippen molar-refractivity contribution in [3.63, 3.8) is 0 Å². The van der Waals surface area contributed by atoms with Crippen LogP contribution in [-0.2, 0) is 9.59 Å². The first-order chi connectivity index (χ1) is 12.1. The summed E-state index contributed by atoms with van der Waals surface area (Å²) in [5, 5.41) is 6.42. The molecule has 0 atom stereocenters. The van der Waals surface area contributed by atoms with Crippen LogP contribution in [0.25, 0.3) is 6.08 Å². The Balaban J connectivity index is 2.07. The second-order valence-corrected chi connectivity index (χ2v) is 5.12. The number of ether oxygens (including phenoxy) is 1. The molecular weight excluding hydrogens is 318 g/mol. The molecule has 6 heteroatoms. The average Bonchev–Trinajstić information content (AvgIpc) is 2.62. The molecule has 6 nitrogen and oxygen atoms in total. The Morgan fingerprint density at radius 1 is 1.00 bits per heavy atom. The van der Waals surface area contributed by atoms with Crippen molar-refractivity contribution in [2.75, 3.05) is 7.11 Å². The zero-order chi connectivity index (χ0) is 18.1. The van der Waals surface area contributed by atoms with Crippen molar-refractivity contribution in [1.82, 2.24) is 10.7 Å². The van der Waals surface area contributed by atoms with Crippen LogP contribution < -0.4 is 15.5 Å². The Morgan fingerprint density at radius 3 is 2.28 bits per heavy atom. The van der Waals surface area contributed by atoms with E-state index in [9.17, 15) is 9.59 Å². The number of carbonyl (C=O) groups excluding carboxylic acids is 2. The normalized spacial score (nSPS) is 11.2. The maximum absolute atomic E-state index is 12.2. The van der Waals surface area contributed by atoms with Gasteiger partial charge in [-0.3, -0.25) is 9.59 Å². The van der Waals surface area contributed by atoms with Crippen LogP contribution in [0, 0.1) is 0 Å². The van der Waals surface area contributed by atoms with Gasteiger partial charge in [-0.05, 0) is 41.5 Å². The summed E-state index contributed by atoms with van der Waals surface area (Å²) < 4.78 is 5.07. The van der Waals surface area contributed by atoms with Crippen LogP contribution in [0.2, 0.25) is 0 Å². The predicted molar refractivity (Wildman–Crippen MR) is 97.0 cm³/mol. The summed E-state index contributed by atoms with van der Waals surface area (Å²) in [5.74, 6) is -0.111. The van der Waals surface area contributed by atoms with Crippen molar-refractivity contribution in [2.45, 2.75) is 6.92 Å². The highest BCUT2D eigenvalue weighted by atomic mass is 16.5. The van der Waals surface area contributed by atoms with E-state index in [0.29, 0.717) is 0 Å². The lowest BCUT2D eigenvalue weighted by Crippen LogP contribution is -2.31. The Labute approximate surface area is 146 Å². The van der Waals surface area contributed by atoms with Crippen LogP contribution >= 0.6 is 0 Å². The number of rotatable bonds is 6. The van der Waals surface area contributed by atoms with E-state index in [1.165, 1.54) is 13.1 Å². The Hall–Kier alpha value is -3.41. The van der Waals surface area contributed by atoms with Gasteiger partial charge in [-0.1, -0.05) is 30.3 Å². The SMILES string of the molecule is COc1ccc(C=NNC(=O)C(=Cc2ccccc2)NC(C)=O)cc1. The smallest absolute Gasteiger partial charge is 0.287 e. The predicted octanol–water partition coefficient (Wildman–Crippen LogP) is 2.32. The molecule has 0 spiro atoms. The van der Waals surface area contributed by atoms with E-state index in [4.69, 9.17) is 4.74 Å². The third-order valence-corrected chi connectivity index (χ3v) is 3.16. The van der Waals surface area contributed by atoms with Crippen LogP contribution in [0.15, 0.2) is 65.4 Å². The van der Waals surface area contributed by atoms with Crippen molar-refractivity contribution in [1.29, 1.82) is 0 Å².